The van der Waals surface area contributed by atoms with Crippen LogP contribution in [0.3, 0.4) is 0 Å². The number of aryl methyl sites for hydroxylation is 1. The SMILES string of the molecule is COc1ccc(Br)c(NC(=O)c2cc(Br)cn2C)c1. The number of rotatable bonds is 3. The molecular formula is C13H12Br2N2O2. The van der Waals surface area contributed by atoms with Gasteiger partial charge in [0.05, 0.1) is 12.8 Å². The maximum atomic E-state index is 12.2. The summed E-state index contributed by atoms with van der Waals surface area (Å²) in [6, 6.07) is 7.18. The summed E-state index contributed by atoms with van der Waals surface area (Å²) >= 11 is 6.74. The van der Waals surface area contributed by atoms with Gasteiger partial charge in [-0.2, -0.15) is 0 Å². The first-order chi connectivity index (χ1) is 9.01. The molecule has 0 atom stereocenters. The summed E-state index contributed by atoms with van der Waals surface area (Å²) in [4.78, 5) is 12.2. The van der Waals surface area contributed by atoms with Gasteiger partial charge in [0.1, 0.15) is 11.4 Å². The van der Waals surface area contributed by atoms with Crippen molar-refractivity contribution in [3.63, 3.8) is 0 Å². The fourth-order valence-electron chi connectivity index (χ4n) is 1.66. The van der Waals surface area contributed by atoms with Gasteiger partial charge in [-0.3, -0.25) is 4.79 Å². The molecule has 0 radical (unpaired) electrons. The Morgan fingerprint density at radius 2 is 2.05 bits per heavy atom. The Kier molecular flexibility index (Phi) is 4.31. The fourth-order valence-corrected chi connectivity index (χ4v) is 2.53. The lowest BCUT2D eigenvalue weighted by Crippen LogP contribution is -2.15. The summed E-state index contributed by atoms with van der Waals surface area (Å²) in [6.07, 6.45) is 1.83. The van der Waals surface area contributed by atoms with E-state index in [9.17, 15) is 4.79 Å². The van der Waals surface area contributed by atoms with Crippen LogP contribution < -0.4 is 10.1 Å². The van der Waals surface area contributed by atoms with Crippen LogP contribution in [-0.4, -0.2) is 17.6 Å². The minimum atomic E-state index is -0.179. The van der Waals surface area contributed by atoms with E-state index < -0.39 is 0 Å². The molecule has 100 valence electrons. The summed E-state index contributed by atoms with van der Waals surface area (Å²) in [5.74, 6) is 0.508. The van der Waals surface area contributed by atoms with Crippen LogP contribution in [0.1, 0.15) is 10.5 Å². The number of methoxy groups -OCH3 is 1. The van der Waals surface area contributed by atoms with E-state index in [2.05, 4.69) is 37.2 Å². The number of halogens is 2. The van der Waals surface area contributed by atoms with Gasteiger partial charge in [0.25, 0.3) is 5.91 Å². The second-order valence-electron chi connectivity index (χ2n) is 3.95. The standard InChI is InChI=1S/C13H12Br2N2O2/c1-17-7-8(14)5-12(17)13(18)16-11-6-9(19-2)3-4-10(11)15/h3-7H,1-2H3,(H,16,18). The molecule has 0 saturated carbocycles. The van der Waals surface area contributed by atoms with Crippen molar-refractivity contribution in [3.05, 3.63) is 45.1 Å². The number of aromatic nitrogens is 1. The van der Waals surface area contributed by atoms with Crippen LogP contribution in [0, 0.1) is 0 Å². The van der Waals surface area contributed by atoms with E-state index in [1.807, 2.05) is 25.4 Å². The van der Waals surface area contributed by atoms with Crippen LogP contribution in [0.25, 0.3) is 0 Å². The molecule has 0 fully saturated rings. The van der Waals surface area contributed by atoms with E-state index in [1.165, 1.54) is 0 Å². The minimum absolute atomic E-state index is 0.179. The lowest BCUT2D eigenvalue weighted by molar-refractivity contribution is 0.101. The van der Waals surface area contributed by atoms with Crippen molar-refractivity contribution in [2.75, 3.05) is 12.4 Å². The molecule has 0 aliphatic carbocycles. The number of ether oxygens (including phenoxy) is 1. The molecule has 4 nitrogen and oxygen atoms in total. The van der Waals surface area contributed by atoms with Crippen molar-refractivity contribution in [2.45, 2.75) is 0 Å². The predicted octanol–water partition coefficient (Wildman–Crippen LogP) is 3.81. The van der Waals surface area contributed by atoms with Crippen molar-refractivity contribution < 1.29 is 9.53 Å². The molecule has 0 saturated heterocycles. The number of carbonyl (C=O) groups excluding carboxylic acids is 1. The van der Waals surface area contributed by atoms with Gasteiger partial charge < -0.3 is 14.6 Å². The number of nitrogens with zero attached hydrogens (tertiary/aromatic N) is 1. The zero-order valence-electron chi connectivity index (χ0n) is 10.4. The third-order valence-electron chi connectivity index (χ3n) is 2.63. The highest BCUT2D eigenvalue weighted by molar-refractivity contribution is 9.10. The first-order valence-corrected chi connectivity index (χ1v) is 7.06. The van der Waals surface area contributed by atoms with Crippen molar-refractivity contribution >= 4 is 43.5 Å². The molecule has 1 aromatic carbocycles. The van der Waals surface area contributed by atoms with Crippen molar-refractivity contribution in [2.24, 2.45) is 7.05 Å². The molecule has 6 heteroatoms. The summed E-state index contributed by atoms with van der Waals surface area (Å²) in [6.45, 7) is 0. The van der Waals surface area contributed by atoms with Crippen molar-refractivity contribution in [3.8, 4) is 5.75 Å². The topological polar surface area (TPSA) is 43.3 Å². The normalized spacial score (nSPS) is 10.3. The molecule has 0 spiro atoms. The van der Waals surface area contributed by atoms with Gasteiger partial charge >= 0.3 is 0 Å². The van der Waals surface area contributed by atoms with Gasteiger partial charge in [-0.25, -0.2) is 0 Å². The molecular weight excluding hydrogens is 376 g/mol. The highest BCUT2D eigenvalue weighted by Crippen LogP contribution is 2.27. The molecule has 0 aliphatic heterocycles. The highest BCUT2D eigenvalue weighted by Gasteiger charge is 2.13. The quantitative estimate of drug-likeness (QED) is 0.870. The average Bonchev–Trinajstić information content (AvgIpc) is 2.71. The number of nitrogens with one attached hydrogen (secondary N) is 1. The molecule has 1 heterocycles. The Labute approximate surface area is 128 Å². The monoisotopic (exact) mass is 386 g/mol. The van der Waals surface area contributed by atoms with Gasteiger partial charge in [-0.05, 0) is 50.1 Å². The second-order valence-corrected chi connectivity index (χ2v) is 5.72. The zero-order valence-corrected chi connectivity index (χ0v) is 13.6. The predicted molar refractivity (Wildman–Crippen MR) is 81.8 cm³/mol. The smallest absolute Gasteiger partial charge is 0.272 e. The van der Waals surface area contributed by atoms with Gasteiger partial charge in [0.2, 0.25) is 0 Å². The molecule has 1 N–H and O–H groups in total. The number of anilines is 1. The first kappa shape index (κ1) is 14.1. The number of hydrogen-bond donors (Lipinski definition) is 1. The van der Waals surface area contributed by atoms with Crippen LogP contribution in [0.15, 0.2) is 39.4 Å². The molecule has 2 aromatic rings. The maximum Gasteiger partial charge on any atom is 0.272 e. The maximum absolute atomic E-state index is 12.2. The van der Waals surface area contributed by atoms with Crippen molar-refractivity contribution in [1.82, 2.24) is 4.57 Å². The minimum Gasteiger partial charge on any atom is -0.497 e. The van der Waals surface area contributed by atoms with Crippen molar-refractivity contribution in [1.29, 1.82) is 0 Å². The molecule has 19 heavy (non-hydrogen) atoms. The molecule has 0 unspecified atom stereocenters. The lowest BCUT2D eigenvalue weighted by atomic mass is 10.3. The van der Waals surface area contributed by atoms with E-state index in [1.54, 1.807) is 23.8 Å². The van der Waals surface area contributed by atoms with Gasteiger partial charge in [-0.15, -0.1) is 0 Å². The first-order valence-electron chi connectivity index (χ1n) is 5.48. The van der Waals surface area contributed by atoms with E-state index in [0.29, 0.717) is 17.1 Å². The number of benzene rings is 1. The summed E-state index contributed by atoms with van der Waals surface area (Å²) in [5.41, 5.74) is 1.24. The Morgan fingerprint density at radius 3 is 2.63 bits per heavy atom. The van der Waals surface area contributed by atoms with Crippen LogP contribution in [0.2, 0.25) is 0 Å². The Balaban J connectivity index is 2.26. The largest absolute Gasteiger partial charge is 0.497 e. The summed E-state index contributed by atoms with van der Waals surface area (Å²) in [5, 5.41) is 2.85. The zero-order chi connectivity index (χ0) is 14.0. The van der Waals surface area contributed by atoms with Gasteiger partial charge in [-0.1, -0.05) is 0 Å². The lowest BCUT2D eigenvalue weighted by Gasteiger charge is -2.09. The summed E-state index contributed by atoms with van der Waals surface area (Å²) in [7, 11) is 3.41. The van der Waals surface area contributed by atoms with Crippen LogP contribution in [0.5, 0.6) is 5.75 Å². The number of carbonyl (C=O) groups is 1. The third kappa shape index (κ3) is 3.19. The average molecular weight is 388 g/mol. The van der Waals surface area contributed by atoms with E-state index in [0.717, 1.165) is 8.95 Å². The van der Waals surface area contributed by atoms with Crippen LogP contribution >= 0.6 is 31.9 Å². The van der Waals surface area contributed by atoms with E-state index in [4.69, 9.17) is 4.74 Å². The fraction of sp³-hybridized carbons (Fsp3) is 0.154. The number of amides is 1. The van der Waals surface area contributed by atoms with Gasteiger partial charge in [0, 0.05) is 28.3 Å². The molecule has 2 rings (SSSR count). The third-order valence-corrected chi connectivity index (χ3v) is 3.75. The van der Waals surface area contributed by atoms with Gasteiger partial charge in [0.15, 0.2) is 0 Å². The molecule has 0 bridgehead atoms. The van der Waals surface area contributed by atoms with Crippen LogP contribution in [-0.2, 0) is 7.05 Å². The Hall–Kier alpha value is -1.27. The molecule has 0 aliphatic rings. The number of hydrogen-bond acceptors (Lipinski definition) is 2. The van der Waals surface area contributed by atoms with E-state index in [-0.39, 0.29) is 5.91 Å². The second kappa shape index (κ2) is 5.79. The molecule has 1 aromatic heterocycles. The Morgan fingerprint density at radius 1 is 1.32 bits per heavy atom. The Bertz CT molecular complexity index is 623. The van der Waals surface area contributed by atoms with Crippen LogP contribution in [0.4, 0.5) is 5.69 Å². The summed E-state index contributed by atoms with van der Waals surface area (Å²) < 4.78 is 8.56. The van der Waals surface area contributed by atoms with E-state index >= 15 is 0 Å². The highest BCUT2D eigenvalue weighted by atomic mass is 79.9. The molecule has 1 amide bonds.